The summed E-state index contributed by atoms with van der Waals surface area (Å²) in [7, 11) is -2.26. The average molecular weight is 418 g/mol. The number of carbonyl (C=O) groups is 1. The summed E-state index contributed by atoms with van der Waals surface area (Å²) in [6, 6.07) is 18.5. The maximum absolute atomic E-state index is 12.6. The van der Waals surface area contributed by atoms with Gasteiger partial charge in [0.15, 0.2) is 0 Å². The average Bonchev–Trinajstić information content (AvgIpc) is 2.74. The molecule has 0 aromatic heterocycles. The van der Waals surface area contributed by atoms with Crippen LogP contribution < -0.4 is 5.32 Å². The van der Waals surface area contributed by atoms with E-state index in [0.717, 1.165) is 23.8 Å². The molecule has 0 heterocycles. The van der Waals surface area contributed by atoms with E-state index in [1.165, 1.54) is 24.7 Å². The van der Waals surface area contributed by atoms with Crippen LogP contribution in [0.25, 0.3) is 0 Å². The van der Waals surface area contributed by atoms with Crippen LogP contribution in [0.4, 0.5) is 0 Å². The molecule has 7 heteroatoms. The molecule has 1 atom stereocenters. The second-order valence-electron chi connectivity index (χ2n) is 6.94. The van der Waals surface area contributed by atoms with Crippen LogP contribution in [0.5, 0.6) is 0 Å². The number of nitrogens with one attached hydrogen (secondary N) is 1. The molecule has 0 saturated carbocycles. The van der Waals surface area contributed by atoms with Crippen LogP contribution in [0.3, 0.4) is 0 Å². The van der Waals surface area contributed by atoms with E-state index in [4.69, 9.17) is 0 Å². The Morgan fingerprint density at radius 1 is 0.966 bits per heavy atom. The van der Waals surface area contributed by atoms with E-state index in [9.17, 15) is 13.2 Å². The van der Waals surface area contributed by atoms with E-state index in [1.807, 2.05) is 18.2 Å². The summed E-state index contributed by atoms with van der Waals surface area (Å²) in [6.45, 7) is 6.22. The summed E-state index contributed by atoms with van der Waals surface area (Å²) in [5.41, 5.74) is 1.21. The number of likely N-dealkylation sites (N-methyl/N-ethyl adjacent to an activating group) is 2. The molecule has 2 rings (SSSR count). The summed E-state index contributed by atoms with van der Waals surface area (Å²) in [6.07, 6.45) is 0.820. The number of hydrogen-bond donors (Lipinski definition) is 1. The smallest absolute Gasteiger partial charge is 0.243 e. The van der Waals surface area contributed by atoms with Gasteiger partial charge in [-0.2, -0.15) is 4.31 Å². The third-order valence-electron chi connectivity index (χ3n) is 5.00. The second-order valence-corrected chi connectivity index (χ2v) is 8.99. The maximum atomic E-state index is 12.6. The van der Waals surface area contributed by atoms with E-state index in [-0.39, 0.29) is 23.4 Å². The van der Waals surface area contributed by atoms with Gasteiger partial charge in [0.1, 0.15) is 0 Å². The van der Waals surface area contributed by atoms with E-state index in [0.29, 0.717) is 6.54 Å². The summed E-state index contributed by atoms with van der Waals surface area (Å²) in [4.78, 5) is 14.9. The van der Waals surface area contributed by atoms with Crippen molar-refractivity contribution in [2.45, 2.75) is 31.2 Å². The minimum absolute atomic E-state index is 0.146. The first kappa shape index (κ1) is 23.1. The van der Waals surface area contributed by atoms with Crippen LogP contribution in [0.2, 0.25) is 0 Å². The molecule has 0 aliphatic carbocycles. The Bertz CT molecular complexity index is 853. The lowest BCUT2D eigenvalue weighted by Crippen LogP contribution is -2.47. The number of nitrogens with zero attached hydrogens (tertiary/aromatic N) is 2. The number of hydrogen-bond acceptors (Lipinski definition) is 4. The first-order chi connectivity index (χ1) is 13.9. The van der Waals surface area contributed by atoms with Gasteiger partial charge in [-0.1, -0.05) is 62.4 Å². The largest absolute Gasteiger partial charge is 0.353 e. The minimum Gasteiger partial charge on any atom is -0.353 e. The quantitative estimate of drug-likeness (QED) is 0.609. The maximum Gasteiger partial charge on any atom is 0.243 e. The normalized spacial score (nSPS) is 12.9. The van der Waals surface area contributed by atoms with Crippen molar-refractivity contribution in [3.63, 3.8) is 0 Å². The van der Waals surface area contributed by atoms with Crippen LogP contribution in [0.1, 0.15) is 19.4 Å². The molecular weight excluding hydrogens is 386 g/mol. The van der Waals surface area contributed by atoms with Crippen molar-refractivity contribution in [2.24, 2.45) is 0 Å². The van der Waals surface area contributed by atoms with Gasteiger partial charge < -0.3 is 5.32 Å². The molecule has 1 unspecified atom stereocenters. The summed E-state index contributed by atoms with van der Waals surface area (Å²) >= 11 is 0. The highest BCUT2D eigenvalue weighted by molar-refractivity contribution is 7.89. The van der Waals surface area contributed by atoms with E-state index >= 15 is 0 Å². The molecule has 2 aromatic carbocycles. The lowest BCUT2D eigenvalue weighted by atomic mass is 10.0. The number of sulfonamides is 1. The molecule has 0 bridgehead atoms. The fraction of sp³-hybridized carbons (Fsp3) is 0.409. The first-order valence-corrected chi connectivity index (χ1v) is 11.4. The molecule has 0 spiro atoms. The zero-order chi connectivity index (χ0) is 21.3. The van der Waals surface area contributed by atoms with Gasteiger partial charge in [-0.05, 0) is 37.2 Å². The van der Waals surface area contributed by atoms with Crippen molar-refractivity contribution < 1.29 is 13.2 Å². The SMILES string of the molecule is CCN(CC)C(CNC(=O)CN(C)S(=O)(=O)c1ccccc1)Cc1ccccc1. The summed E-state index contributed by atoms with van der Waals surface area (Å²) < 4.78 is 26.3. The van der Waals surface area contributed by atoms with Crippen molar-refractivity contribution in [2.75, 3.05) is 33.2 Å². The standard InChI is InChI=1S/C22H31N3O3S/c1-4-25(5-2)20(16-19-12-8-6-9-13-19)17-23-22(26)18-24(3)29(27,28)21-14-10-7-11-15-21/h6-15,20H,4-5,16-18H2,1-3H3,(H,23,26). The van der Waals surface area contributed by atoms with Crippen molar-refractivity contribution >= 4 is 15.9 Å². The van der Waals surface area contributed by atoms with Gasteiger partial charge in [-0.15, -0.1) is 0 Å². The summed E-state index contributed by atoms with van der Waals surface area (Å²) in [5, 5.41) is 2.92. The Balaban J connectivity index is 1.98. The summed E-state index contributed by atoms with van der Waals surface area (Å²) in [5.74, 6) is -0.308. The molecule has 29 heavy (non-hydrogen) atoms. The molecule has 158 valence electrons. The Kier molecular flexibility index (Phi) is 8.82. The van der Waals surface area contributed by atoms with Gasteiger partial charge in [0, 0.05) is 19.6 Å². The van der Waals surface area contributed by atoms with Gasteiger partial charge in [-0.3, -0.25) is 9.69 Å². The Hall–Kier alpha value is -2.22. The number of amides is 1. The molecule has 0 aliphatic heterocycles. The number of benzene rings is 2. The Morgan fingerprint density at radius 2 is 1.52 bits per heavy atom. The first-order valence-electron chi connectivity index (χ1n) is 9.94. The third kappa shape index (κ3) is 6.66. The predicted molar refractivity (Wildman–Crippen MR) is 116 cm³/mol. The lowest BCUT2D eigenvalue weighted by Gasteiger charge is -2.30. The van der Waals surface area contributed by atoms with Crippen LogP contribution in [-0.2, 0) is 21.2 Å². The topological polar surface area (TPSA) is 69.7 Å². The number of rotatable bonds is 11. The monoisotopic (exact) mass is 417 g/mol. The molecule has 1 N–H and O–H groups in total. The zero-order valence-electron chi connectivity index (χ0n) is 17.4. The van der Waals surface area contributed by atoms with Crippen molar-refractivity contribution in [1.29, 1.82) is 0 Å². The van der Waals surface area contributed by atoms with E-state index in [1.54, 1.807) is 18.2 Å². The predicted octanol–water partition coefficient (Wildman–Crippen LogP) is 2.38. The molecule has 1 amide bonds. The minimum atomic E-state index is -3.68. The van der Waals surface area contributed by atoms with Crippen LogP contribution in [0.15, 0.2) is 65.6 Å². The van der Waals surface area contributed by atoms with Crippen molar-refractivity contribution in [3.05, 3.63) is 66.2 Å². The molecule has 6 nitrogen and oxygen atoms in total. The third-order valence-corrected chi connectivity index (χ3v) is 6.81. The Labute approximate surface area is 174 Å². The van der Waals surface area contributed by atoms with Gasteiger partial charge >= 0.3 is 0 Å². The van der Waals surface area contributed by atoms with E-state index < -0.39 is 10.0 Å². The molecular formula is C22H31N3O3S. The second kappa shape index (κ2) is 11.1. The molecule has 0 aliphatic rings. The Morgan fingerprint density at radius 3 is 2.07 bits per heavy atom. The van der Waals surface area contributed by atoms with Gasteiger partial charge in [0.05, 0.1) is 11.4 Å². The van der Waals surface area contributed by atoms with Crippen LogP contribution in [-0.4, -0.2) is 62.8 Å². The van der Waals surface area contributed by atoms with Crippen molar-refractivity contribution in [3.8, 4) is 0 Å². The van der Waals surface area contributed by atoms with Crippen LogP contribution in [0, 0.1) is 0 Å². The highest BCUT2D eigenvalue weighted by atomic mass is 32.2. The highest BCUT2D eigenvalue weighted by Crippen LogP contribution is 2.13. The molecule has 0 saturated heterocycles. The highest BCUT2D eigenvalue weighted by Gasteiger charge is 2.23. The zero-order valence-corrected chi connectivity index (χ0v) is 18.2. The lowest BCUT2D eigenvalue weighted by molar-refractivity contribution is -0.121. The fourth-order valence-corrected chi connectivity index (χ4v) is 4.45. The van der Waals surface area contributed by atoms with Gasteiger partial charge in [0.25, 0.3) is 0 Å². The molecule has 2 aromatic rings. The fourth-order valence-electron chi connectivity index (χ4n) is 3.30. The molecule has 0 radical (unpaired) electrons. The molecule has 0 fully saturated rings. The van der Waals surface area contributed by atoms with Gasteiger partial charge in [0.2, 0.25) is 15.9 Å². The van der Waals surface area contributed by atoms with E-state index in [2.05, 4.69) is 36.2 Å². The van der Waals surface area contributed by atoms with Crippen LogP contribution >= 0.6 is 0 Å². The van der Waals surface area contributed by atoms with Crippen molar-refractivity contribution in [1.82, 2.24) is 14.5 Å². The number of carbonyl (C=O) groups excluding carboxylic acids is 1. The van der Waals surface area contributed by atoms with Gasteiger partial charge in [-0.25, -0.2) is 8.42 Å².